The normalized spacial score (nSPS) is 14.5. The van der Waals surface area contributed by atoms with Crippen molar-refractivity contribution in [3.05, 3.63) is 194 Å². The predicted octanol–water partition coefficient (Wildman–Crippen LogP) is 10.1. The number of hydrogen-bond donors (Lipinski definition) is 0. The minimum absolute atomic E-state index is 0.0307. The van der Waals surface area contributed by atoms with Crippen LogP contribution >= 0.6 is 0 Å². The van der Waals surface area contributed by atoms with Gasteiger partial charge >= 0.3 is 0 Å². The van der Waals surface area contributed by atoms with Gasteiger partial charge in [-0.1, -0.05) is 109 Å². The van der Waals surface area contributed by atoms with E-state index in [0.717, 1.165) is 62.8 Å². The third-order valence-corrected chi connectivity index (χ3v) is 13.7. The van der Waals surface area contributed by atoms with Crippen LogP contribution in [-0.2, 0) is 0 Å². The zero-order valence-corrected chi connectivity index (χ0v) is 33.2. The van der Waals surface area contributed by atoms with Gasteiger partial charge in [-0.3, -0.25) is 4.90 Å². The van der Waals surface area contributed by atoms with Crippen molar-refractivity contribution in [1.82, 2.24) is 0 Å². The molecule has 0 bridgehead atoms. The number of para-hydroxylation sites is 8. The average Bonchev–Trinajstić information content (AvgIpc) is 3.33. The Bertz CT molecular complexity index is 3420. The zero-order chi connectivity index (χ0) is 40.2. The largest absolute Gasteiger partial charge is 0.453 e. The first-order chi connectivity index (χ1) is 30.8. The van der Waals surface area contributed by atoms with Crippen molar-refractivity contribution in [1.29, 1.82) is 0 Å². The molecular formula is C54H32B2N4O2. The van der Waals surface area contributed by atoms with E-state index in [1.807, 2.05) is 24.3 Å². The Hall–Kier alpha value is -8.09. The SMILES string of the molecule is c1ccc(N2c3ccccc3B3c4ccccc4N4c5ccccc5B5c6cc7c(cc6N(c6ccccc6)c6cc2c3c4c65)Oc2cccc3c2N7c2ccccc2O3)cc1. The molecule has 0 fully saturated rings. The van der Waals surface area contributed by atoms with Crippen molar-refractivity contribution in [2.24, 2.45) is 0 Å². The van der Waals surface area contributed by atoms with Gasteiger partial charge in [0, 0.05) is 57.3 Å². The van der Waals surface area contributed by atoms with E-state index < -0.39 is 0 Å². The average molecular weight is 790 g/mol. The number of ether oxygens (including phenoxy) is 2. The maximum absolute atomic E-state index is 6.97. The Kier molecular flexibility index (Phi) is 6.23. The van der Waals surface area contributed by atoms with Crippen LogP contribution in [-0.4, -0.2) is 13.4 Å². The van der Waals surface area contributed by atoms with E-state index in [9.17, 15) is 0 Å². The Labute approximate surface area is 359 Å². The van der Waals surface area contributed by atoms with Crippen LogP contribution in [0.3, 0.4) is 0 Å². The van der Waals surface area contributed by atoms with Gasteiger partial charge in [0.05, 0.1) is 11.4 Å². The van der Waals surface area contributed by atoms with E-state index in [1.165, 1.54) is 61.2 Å². The first-order valence-electron chi connectivity index (χ1n) is 21.3. The highest BCUT2D eigenvalue weighted by atomic mass is 16.5. The standard InChI is InChI=1S/C54H32B2N4O2/c1-3-16-33(17-4-1)57-39-23-10-7-20-35(39)55-36-21-8-11-24-40(36)59-41-25-12-9-22-37(41)56-38-30-44-50(62-49-29-15-28-48-53(49)60(44)42-26-13-14-27-47(42)61-48)32-43(38)58(34-18-5-2-6-19-34)46-31-45(57)51(55)54(59)52(46)56/h1-32H. The smallest absolute Gasteiger partial charge is 0.252 e. The second-order valence-electron chi connectivity index (χ2n) is 16.8. The summed E-state index contributed by atoms with van der Waals surface area (Å²) < 4.78 is 13.5. The van der Waals surface area contributed by atoms with Crippen molar-refractivity contribution in [2.75, 3.05) is 19.6 Å². The van der Waals surface area contributed by atoms with Gasteiger partial charge in [0.2, 0.25) is 0 Å². The van der Waals surface area contributed by atoms with E-state index in [0.29, 0.717) is 0 Å². The van der Waals surface area contributed by atoms with Crippen LogP contribution in [0.25, 0.3) is 0 Å². The minimum atomic E-state index is -0.0841. The lowest BCUT2D eigenvalue weighted by Crippen LogP contribution is -2.68. The first-order valence-corrected chi connectivity index (χ1v) is 21.3. The van der Waals surface area contributed by atoms with Crippen molar-refractivity contribution in [3.63, 3.8) is 0 Å². The Morgan fingerprint density at radius 1 is 0.274 bits per heavy atom. The predicted molar refractivity (Wildman–Crippen MR) is 255 cm³/mol. The summed E-state index contributed by atoms with van der Waals surface area (Å²) in [6.45, 7) is -0.0534. The van der Waals surface area contributed by atoms with E-state index in [2.05, 4.69) is 189 Å². The Morgan fingerprint density at radius 2 is 0.726 bits per heavy atom. The van der Waals surface area contributed by atoms with Gasteiger partial charge in [-0.05, 0) is 112 Å². The van der Waals surface area contributed by atoms with E-state index in [-0.39, 0.29) is 13.4 Å². The first kappa shape index (κ1) is 32.7. The lowest BCUT2D eigenvalue weighted by molar-refractivity contribution is 0.446. The van der Waals surface area contributed by atoms with E-state index >= 15 is 0 Å². The molecule has 9 aromatic rings. The molecule has 0 saturated carbocycles. The molecule has 286 valence electrons. The summed E-state index contributed by atoms with van der Waals surface area (Å²) in [5.41, 5.74) is 21.3. The van der Waals surface area contributed by atoms with Gasteiger partial charge < -0.3 is 24.2 Å². The summed E-state index contributed by atoms with van der Waals surface area (Å²) in [6, 6.07) is 70.5. The molecule has 6 nitrogen and oxygen atoms in total. The molecule has 0 aromatic heterocycles. The zero-order valence-electron chi connectivity index (χ0n) is 33.2. The minimum Gasteiger partial charge on any atom is -0.453 e. The fourth-order valence-electron chi connectivity index (χ4n) is 11.4. The monoisotopic (exact) mass is 790 g/mol. The van der Waals surface area contributed by atoms with Crippen LogP contribution in [0.1, 0.15) is 0 Å². The second kappa shape index (κ2) is 11.8. The van der Waals surface area contributed by atoms with Gasteiger partial charge in [-0.2, -0.15) is 0 Å². The number of anilines is 12. The second-order valence-corrected chi connectivity index (χ2v) is 16.8. The van der Waals surface area contributed by atoms with E-state index in [1.54, 1.807) is 0 Å². The molecule has 0 saturated heterocycles. The molecule has 0 N–H and O–H groups in total. The molecule has 0 atom stereocenters. The maximum atomic E-state index is 6.97. The Morgan fingerprint density at radius 3 is 1.34 bits per heavy atom. The molecule has 0 aliphatic carbocycles. The summed E-state index contributed by atoms with van der Waals surface area (Å²) in [4.78, 5) is 9.93. The fraction of sp³-hybridized carbons (Fsp3) is 0. The van der Waals surface area contributed by atoms with Crippen LogP contribution in [0.5, 0.6) is 23.0 Å². The van der Waals surface area contributed by atoms with Gasteiger partial charge in [-0.25, -0.2) is 0 Å². The van der Waals surface area contributed by atoms with Gasteiger partial charge in [0.1, 0.15) is 5.69 Å². The molecular weight excluding hydrogens is 758 g/mol. The summed E-state index contributed by atoms with van der Waals surface area (Å²) in [6.07, 6.45) is 0. The molecule has 6 heterocycles. The highest BCUT2D eigenvalue weighted by Crippen LogP contribution is 2.60. The third kappa shape index (κ3) is 4.07. The highest BCUT2D eigenvalue weighted by Gasteiger charge is 2.52. The fourth-order valence-corrected chi connectivity index (χ4v) is 11.4. The summed E-state index contributed by atoms with van der Waals surface area (Å²) >= 11 is 0. The number of hydrogen-bond acceptors (Lipinski definition) is 6. The molecule has 8 heteroatoms. The van der Waals surface area contributed by atoms with Crippen molar-refractivity contribution in [3.8, 4) is 23.0 Å². The van der Waals surface area contributed by atoms with Crippen LogP contribution in [0.15, 0.2) is 194 Å². The number of nitrogens with zero attached hydrogens (tertiary/aromatic N) is 4. The van der Waals surface area contributed by atoms with Crippen molar-refractivity contribution < 1.29 is 9.47 Å². The molecule has 6 aliphatic rings. The molecule has 0 unspecified atom stereocenters. The van der Waals surface area contributed by atoms with Crippen molar-refractivity contribution >= 4 is 114 Å². The maximum Gasteiger partial charge on any atom is 0.252 e. The quantitative estimate of drug-likeness (QED) is 0.162. The number of rotatable bonds is 2. The topological polar surface area (TPSA) is 31.4 Å². The lowest BCUT2D eigenvalue weighted by Gasteiger charge is -2.51. The molecule has 0 spiro atoms. The third-order valence-electron chi connectivity index (χ3n) is 13.7. The molecule has 0 radical (unpaired) electrons. The Balaban J connectivity index is 1.09. The lowest BCUT2D eigenvalue weighted by atomic mass is 9.28. The molecule has 15 rings (SSSR count). The molecule has 0 amide bonds. The summed E-state index contributed by atoms with van der Waals surface area (Å²) in [5.74, 6) is 3.17. The van der Waals surface area contributed by atoms with Crippen LogP contribution in [0.2, 0.25) is 0 Å². The van der Waals surface area contributed by atoms with Gasteiger partial charge in [0.15, 0.2) is 23.0 Å². The highest BCUT2D eigenvalue weighted by molar-refractivity contribution is 7.04. The van der Waals surface area contributed by atoms with E-state index in [4.69, 9.17) is 9.47 Å². The van der Waals surface area contributed by atoms with Crippen LogP contribution in [0.4, 0.5) is 68.2 Å². The number of fused-ring (bicyclic) bond motifs is 14. The molecule has 6 aliphatic heterocycles. The molecule has 62 heavy (non-hydrogen) atoms. The van der Waals surface area contributed by atoms with Crippen LogP contribution in [0, 0.1) is 0 Å². The van der Waals surface area contributed by atoms with Gasteiger partial charge in [0.25, 0.3) is 13.4 Å². The van der Waals surface area contributed by atoms with Gasteiger partial charge in [-0.15, -0.1) is 0 Å². The van der Waals surface area contributed by atoms with Crippen LogP contribution < -0.4 is 61.9 Å². The number of benzene rings is 9. The molecule has 9 aromatic carbocycles. The summed E-state index contributed by atoms with van der Waals surface area (Å²) in [5, 5.41) is 0. The van der Waals surface area contributed by atoms with Crippen molar-refractivity contribution in [2.45, 2.75) is 0 Å². The summed E-state index contributed by atoms with van der Waals surface area (Å²) in [7, 11) is 0.